The van der Waals surface area contributed by atoms with Crippen LogP contribution < -0.4 is 0 Å². The Bertz CT molecular complexity index is 130. The molecule has 2 aliphatic rings. The fourth-order valence-electron chi connectivity index (χ4n) is 2.43. The predicted octanol–water partition coefficient (Wildman–Crippen LogP) is 2.01. The molecule has 0 aromatic carbocycles. The van der Waals surface area contributed by atoms with E-state index in [0.717, 1.165) is 11.8 Å². The van der Waals surface area contributed by atoms with Crippen LogP contribution in [-0.4, -0.2) is 6.29 Å². The van der Waals surface area contributed by atoms with Crippen LogP contribution in [0.15, 0.2) is 0 Å². The monoisotopic (exact) mass is 138 g/mol. The highest BCUT2D eigenvalue weighted by atomic mass is 16.1. The molecule has 0 saturated heterocycles. The highest BCUT2D eigenvalue weighted by molar-refractivity contribution is 5.59. The first-order valence-electron chi connectivity index (χ1n) is 4.39. The minimum atomic E-state index is 0.473. The van der Waals surface area contributed by atoms with Gasteiger partial charge in [-0.25, -0.2) is 0 Å². The van der Waals surface area contributed by atoms with E-state index in [2.05, 4.69) is 0 Å². The predicted molar refractivity (Wildman–Crippen MR) is 39.6 cm³/mol. The lowest BCUT2D eigenvalue weighted by molar-refractivity contribution is -0.109. The van der Waals surface area contributed by atoms with Gasteiger partial charge in [-0.15, -0.1) is 0 Å². The smallest absolute Gasteiger partial charge is 0.123 e. The summed E-state index contributed by atoms with van der Waals surface area (Å²) in [5.74, 6) is 2.08. The van der Waals surface area contributed by atoms with Crippen LogP contribution in [0.5, 0.6) is 0 Å². The Morgan fingerprint density at radius 1 is 1.00 bits per heavy atom. The topological polar surface area (TPSA) is 17.1 Å². The Morgan fingerprint density at radius 3 is 2.10 bits per heavy atom. The molecule has 0 N–H and O–H groups in total. The van der Waals surface area contributed by atoms with Gasteiger partial charge in [0.25, 0.3) is 0 Å². The summed E-state index contributed by atoms with van der Waals surface area (Å²) in [5.41, 5.74) is 0. The maximum atomic E-state index is 10.4. The second kappa shape index (κ2) is 2.37. The normalized spacial score (nSPS) is 45.4. The number of rotatable bonds is 1. The molecule has 0 aromatic heterocycles. The molecule has 2 fully saturated rings. The largest absolute Gasteiger partial charge is 0.303 e. The highest BCUT2D eigenvalue weighted by Crippen LogP contribution is 2.52. The van der Waals surface area contributed by atoms with Gasteiger partial charge in [0.1, 0.15) is 6.29 Å². The van der Waals surface area contributed by atoms with Gasteiger partial charge in [0.2, 0.25) is 0 Å². The Hall–Kier alpha value is -0.330. The minimum Gasteiger partial charge on any atom is -0.303 e. The van der Waals surface area contributed by atoms with E-state index in [-0.39, 0.29) is 0 Å². The molecule has 2 rings (SSSR count). The molecule has 0 heterocycles. The fraction of sp³-hybridized carbons (Fsp3) is 0.889. The summed E-state index contributed by atoms with van der Waals surface area (Å²) in [6.45, 7) is 0. The molecule has 10 heavy (non-hydrogen) atoms. The van der Waals surface area contributed by atoms with Gasteiger partial charge in [-0.05, 0) is 24.7 Å². The molecule has 0 spiro atoms. The third-order valence-electron chi connectivity index (χ3n) is 3.13. The van der Waals surface area contributed by atoms with Gasteiger partial charge in [-0.3, -0.25) is 0 Å². The van der Waals surface area contributed by atoms with Gasteiger partial charge in [-0.1, -0.05) is 19.3 Å². The fourth-order valence-corrected chi connectivity index (χ4v) is 2.43. The summed E-state index contributed by atoms with van der Waals surface area (Å²) in [5, 5.41) is 0. The van der Waals surface area contributed by atoms with Crippen LogP contribution in [-0.2, 0) is 4.79 Å². The van der Waals surface area contributed by atoms with Crippen molar-refractivity contribution in [2.75, 3.05) is 0 Å². The lowest BCUT2D eigenvalue weighted by Crippen LogP contribution is -1.86. The molecule has 0 bridgehead atoms. The molecule has 1 heteroatoms. The molecule has 0 aromatic rings. The zero-order valence-corrected chi connectivity index (χ0v) is 6.25. The Labute approximate surface area is 61.8 Å². The summed E-state index contributed by atoms with van der Waals surface area (Å²) in [6.07, 6.45) is 7.97. The van der Waals surface area contributed by atoms with Crippen molar-refractivity contribution >= 4 is 6.29 Å². The van der Waals surface area contributed by atoms with Crippen LogP contribution in [0.2, 0.25) is 0 Å². The molecular weight excluding hydrogens is 124 g/mol. The SMILES string of the molecule is O=CC1[C@H]2CCCCC[C@@H]12. The molecule has 0 aliphatic heterocycles. The first-order valence-corrected chi connectivity index (χ1v) is 4.39. The lowest BCUT2D eigenvalue weighted by atomic mass is 10.1. The van der Waals surface area contributed by atoms with Crippen molar-refractivity contribution in [3.8, 4) is 0 Å². The van der Waals surface area contributed by atoms with Crippen molar-refractivity contribution in [3.05, 3.63) is 0 Å². The first-order chi connectivity index (χ1) is 4.93. The average molecular weight is 138 g/mol. The second-order valence-corrected chi connectivity index (χ2v) is 3.68. The zero-order valence-electron chi connectivity index (χ0n) is 6.25. The van der Waals surface area contributed by atoms with Crippen molar-refractivity contribution in [1.29, 1.82) is 0 Å². The zero-order chi connectivity index (χ0) is 6.97. The third-order valence-corrected chi connectivity index (χ3v) is 3.13. The van der Waals surface area contributed by atoms with E-state index in [9.17, 15) is 4.79 Å². The molecule has 3 atom stereocenters. The van der Waals surface area contributed by atoms with Crippen LogP contribution in [0.1, 0.15) is 32.1 Å². The van der Waals surface area contributed by atoms with Crippen molar-refractivity contribution in [1.82, 2.24) is 0 Å². The Morgan fingerprint density at radius 2 is 1.60 bits per heavy atom. The second-order valence-electron chi connectivity index (χ2n) is 3.68. The number of fused-ring (bicyclic) bond motifs is 1. The van der Waals surface area contributed by atoms with Gasteiger partial charge < -0.3 is 4.79 Å². The number of hydrogen-bond acceptors (Lipinski definition) is 1. The summed E-state index contributed by atoms with van der Waals surface area (Å²) >= 11 is 0. The van der Waals surface area contributed by atoms with Crippen molar-refractivity contribution < 1.29 is 4.79 Å². The quantitative estimate of drug-likeness (QED) is 0.506. The van der Waals surface area contributed by atoms with Gasteiger partial charge in [0, 0.05) is 5.92 Å². The van der Waals surface area contributed by atoms with E-state index >= 15 is 0 Å². The summed E-state index contributed by atoms with van der Waals surface area (Å²) in [4.78, 5) is 10.4. The van der Waals surface area contributed by atoms with Crippen LogP contribution >= 0.6 is 0 Å². The number of carbonyl (C=O) groups excluding carboxylic acids is 1. The molecule has 0 radical (unpaired) electrons. The minimum absolute atomic E-state index is 0.473. The summed E-state index contributed by atoms with van der Waals surface area (Å²) < 4.78 is 0. The maximum Gasteiger partial charge on any atom is 0.123 e. The van der Waals surface area contributed by atoms with Gasteiger partial charge in [0.05, 0.1) is 0 Å². The van der Waals surface area contributed by atoms with E-state index in [1.807, 2.05) is 0 Å². The van der Waals surface area contributed by atoms with Crippen molar-refractivity contribution in [2.24, 2.45) is 17.8 Å². The van der Waals surface area contributed by atoms with Crippen LogP contribution in [0.4, 0.5) is 0 Å². The third kappa shape index (κ3) is 0.882. The molecule has 1 nitrogen and oxygen atoms in total. The summed E-state index contributed by atoms with van der Waals surface area (Å²) in [7, 11) is 0. The maximum absolute atomic E-state index is 10.4. The molecule has 0 amide bonds. The Kier molecular flexibility index (Phi) is 1.51. The van der Waals surface area contributed by atoms with Gasteiger partial charge in [-0.2, -0.15) is 0 Å². The first kappa shape index (κ1) is 6.38. The molecule has 2 saturated carbocycles. The standard InChI is InChI=1S/C9H14O/c10-6-9-7-4-2-1-3-5-8(7)9/h6-9H,1-5H2/t7-,8+,9?. The van der Waals surface area contributed by atoms with Crippen molar-refractivity contribution in [2.45, 2.75) is 32.1 Å². The number of hydrogen-bond donors (Lipinski definition) is 0. The molecule has 56 valence electrons. The van der Waals surface area contributed by atoms with E-state index < -0.39 is 0 Å². The van der Waals surface area contributed by atoms with E-state index in [4.69, 9.17) is 0 Å². The summed E-state index contributed by atoms with van der Waals surface area (Å²) in [6, 6.07) is 0. The van der Waals surface area contributed by atoms with E-state index in [0.29, 0.717) is 5.92 Å². The van der Waals surface area contributed by atoms with E-state index in [1.54, 1.807) is 0 Å². The molecule has 2 aliphatic carbocycles. The van der Waals surface area contributed by atoms with Crippen LogP contribution in [0, 0.1) is 17.8 Å². The molecular formula is C9H14O. The lowest BCUT2D eigenvalue weighted by Gasteiger charge is -1.94. The highest BCUT2D eigenvalue weighted by Gasteiger charge is 2.49. The molecule has 1 unspecified atom stereocenters. The number of carbonyl (C=O) groups is 1. The van der Waals surface area contributed by atoms with E-state index in [1.165, 1.54) is 38.4 Å². The van der Waals surface area contributed by atoms with Gasteiger partial charge >= 0.3 is 0 Å². The Balaban J connectivity index is 1.94. The van der Waals surface area contributed by atoms with Crippen LogP contribution in [0.25, 0.3) is 0 Å². The average Bonchev–Trinajstić information content (AvgIpc) is 2.59. The number of aldehydes is 1. The van der Waals surface area contributed by atoms with Crippen molar-refractivity contribution in [3.63, 3.8) is 0 Å². The van der Waals surface area contributed by atoms with Crippen LogP contribution in [0.3, 0.4) is 0 Å². The van der Waals surface area contributed by atoms with Gasteiger partial charge in [0.15, 0.2) is 0 Å².